The van der Waals surface area contributed by atoms with E-state index in [2.05, 4.69) is 60.1 Å². The minimum absolute atomic E-state index is 0.118. The van der Waals surface area contributed by atoms with Gasteiger partial charge in [-0.3, -0.25) is 4.79 Å². The normalized spacial score (nSPS) is 11.7. The Kier molecular flexibility index (Phi) is 8.54. The highest BCUT2D eigenvalue weighted by atomic mass is 16.5. The lowest BCUT2D eigenvalue weighted by atomic mass is 9.96. The zero-order valence-electron chi connectivity index (χ0n) is 20.9. The minimum atomic E-state index is -0.327. The van der Waals surface area contributed by atoms with Crippen LogP contribution in [-0.4, -0.2) is 28.6 Å². The molecule has 0 saturated carbocycles. The lowest BCUT2D eigenvalue weighted by molar-refractivity contribution is -0.128. The Morgan fingerprint density at radius 2 is 1.73 bits per heavy atom. The van der Waals surface area contributed by atoms with Crippen LogP contribution in [0, 0.1) is 19.3 Å². The van der Waals surface area contributed by atoms with E-state index in [0.29, 0.717) is 6.61 Å². The smallest absolute Gasteiger partial charge is 0.225 e. The minimum Gasteiger partial charge on any atom is -0.494 e. The average Bonchev–Trinajstić information content (AvgIpc) is 3.09. The third kappa shape index (κ3) is 7.34. The molecule has 0 unspecified atom stereocenters. The van der Waals surface area contributed by atoms with Crippen LogP contribution in [0.15, 0.2) is 42.5 Å². The van der Waals surface area contributed by atoms with Crippen LogP contribution in [0.4, 0.5) is 0 Å². The molecule has 0 aliphatic heterocycles. The molecular weight excluding hydrogens is 410 g/mol. The van der Waals surface area contributed by atoms with Crippen LogP contribution in [0.1, 0.15) is 63.4 Å². The van der Waals surface area contributed by atoms with Gasteiger partial charge in [-0.2, -0.15) is 0 Å². The number of ether oxygens (including phenoxy) is 1. The molecule has 1 N–H and O–H groups in total. The summed E-state index contributed by atoms with van der Waals surface area (Å²) in [6.45, 7) is 12.3. The van der Waals surface area contributed by atoms with Gasteiger partial charge in [-0.15, -0.1) is 0 Å². The summed E-state index contributed by atoms with van der Waals surface area (Å²) in [7, 11) is 0. The van der Waals surface area contributed by atoms with Gasteiger partial charge >= 0.3 is 0 Å². The summed E-state index contributed by atoms with van der Waals surface area (Å²) in [6, 6.07) is 14.7. The fourth-order valence-corrected chi connectivity index (χ4v) is 4.05. The number of amides is 1. The number of hydrogen-bond acceptors (Lipinski definition) is 3. The van der Waals surface area contributed by atoms with E-state index in [1.54, 1.807) is 0 Å². The molecule has 1 amide bonds. The molecule has 0 saturated heterocycles. The molecular formula is C28H39N3O2. The van der Waals surface area contributed by atoms with E-state index in [1.807, 2.05) is 26.8 Å². The quantitative estimate of drug-likeness (QED) is 0.365. The first kappa shape index (κ1) is 24.8. The van der Waals surface area contributed by atoms with Gasteiger partial charge in [-0.25, -0.2) is 4.98 Å². The summed E-state index contributed by atoms with van der Waals surface area (Å²) >= 11 is 0. The second-order valence-electron chi connectivity index (χ2n) is 10.0. The second kappa shape index (κ2) is 11.4. The number of carbonyl (C=O) groups excluding carboxylic acids is 1. The fourth-order valence-electron chi connectivity index (χ4n) is 4.05. The van der Waals surface area contributed by atoms with Crippen molar-refractivity contribution in [2.45, 2.75) is 73.3 Å². The van der Waals surface area contributed by atoms with Crippen molar-refractivity contribution in [2.75, 3.05) is 13.2 Å². The number of hydrogen-bond donors (Lipinski definition) is 1. The van der Waals surface area contributed by atoms with Gasteiger partial charge in [-0.1, -0.05) is 45.4 Å². The van der Waals surface area contributed by atoms with E-state index < -0.39 is 0 Å². The Hall–Kier alpha value is -2.82. The van der Waals surface area contributed by atoms with Gasteiger partial charge in [-0.05, 0) is 68.5 Å². The standard InChI is InChI=1S/C28H39N3O2/c1-21-18-22(2)20-23(19-21)33-17-11-16-31-25-13-9-8-12-24(25)30-26(31)14-7-6-10-15-29-27(32)28(3,4)5/h8-9,12-13,18-20H,6-7,10-11,14-17H2,1-5H3,(H,29,32). The van der Waals surface area contributed by atoms with Crippen molar-refractivity contribution < 1.29 is 9.53 Å². The monoisotopic (exact) mass is 449 g/mol. The topological polar surface area (TPSA) is 56.1 Å². The van der Waals surface area contributed by atoms with Gasteiger partial charge in [0.15, 0.2) is 0 Å². The second-order valence-corrected chi connectivity index (χ2v) is 10.0. The highest BCUT2D eigenvalue weighted by molar-refractivity contribution is 5.81. The third-order valence-corrected chi connectivity index (χ3v) is 5.77. The van der Waals surface area contributed by atoms with E-state index in [0.717, 1.165) is 62.3 Å². The number of aromatic nitrogens is 2. The van der Waals surface area contributed by atoms with Gasteiger partial charge in [0.05, 0.1) is 17.6 Å². The molecule has 0 atom stereocenters. The number of imidazole rings is 1. The van der Waals surface area contributed by atoms with Gasteiger partial charge < -0.3 is 14.6 Å². The molecule has 178 valence electrons. The van der Waals surface area contributed by atoms with Gasteiger partial charge in [0.25, 0.3) is 0 Å². The fraction of sp³-hybridized carbons (Fsp3) is 0.500. The van der Waals surface area contributed by atoms with Crippen molar-refractivity contribution in [3.05, 3.63) is 59.4 Å². The summed E-state index contributed by atoms with van der Waals surface area (Å²) in [5.74, 6) is 2.20. The number of fused-ring (bicyclic) bond motifs is 1. The summed E-state index contributed by atoms with van der Waals surface area (Å²) in [6.07, 6.45) is 5.00. The molecule has 5 heteroatoms. The lowest BCUT2D eigenvalue weighted by Crippen LogP contribution is -2.35. The van der Waals surface area contributed by atoms with Crippen LogP contribution in [0.5, 0.6) is 5.75 Å². The van der Waals surface area contributed by atoms with Crippen molar-refractivity contribution in [1.82, 2.24) is 14.9 Å². The van der Waals surface area contributed by atoms with E-state index in [4.69, 9.17) is 9.72 Å². The first-order valence-corrected chi connectivity index (χ1v) is 12.2. The molecule has 5 nitrogen and oxygen atoms in total. The first-order valence-electron chi connectivity index (χ1n) is 12.2. The number of unbranched alkanes of at least 4 members (excludes halogenated alkanes) is 2. The molecule has 0 bridgehead atoms. The highest BCUT2D eigenvalue weighted by Gasteiger charge is 2.20. The molecule has 0 aliphatic carbocycles. The van der Waals surface area contributed by atoms with E-state index in [9.17, 15) is 4.79 Å². The number of aryl methyl sites for hydroxylation is 4. The average molecular weight is 450 g/mol. The summed E-state index contributed by atoms with van der Waals surface area (Å²) in [5, 5.41) is 3.04. The van der Waals surface area contributed by atoms with E-state index in [1.165, 1.54) is 16.6 Å². The van der Waals surface area contributed by atoms with Crippen molar-refractivity contribution in [2.24, 2.45) is 5.41 Å². The predicted octanol–water partition coefficient (Wildman–Crippen LogP) is 6.00. The van der Waals surface area contributed by atoms with Crippen LogP contribution in [-0.2, 0) is 17.8 Å². The number of nitrogens with zero attached hydrogens (tertiary/aromatic N) is 2. The van der Waals surface area contributed by atoms with Gasteiger partial charge in [0, 0.05) is 24.9 Å². The van der Waals surface area contributed by atoms with Gasteiger partial charge in [0.1, 0.15) is 11.6 Å². The Bertz CT molecular complexity index is 1040. The molecule has 3 rings (SSSR count). The lowest BCUT2D eigenvalue weighted by Gasteiger charge is -2.17. The van der Waals surface area contributed by atoms with Gasteiger partial charge in [0.2, 0.25) is 5.91 Å². The largest absolute Gasteiger partial charge is 0.494 e. The van der Waals surface area contributed by atoms with Crippen LogP contribution in [0.3, 0.4) is 0 Å². The maximum atomic E-state index is 12.0. The van der Waals surface area contributed by atoms with Crippen molar-refractivity contribution in [3.8, 4) is 5.75 Å². The molecule has 33 heavy (non-hydrogen) atoms. The first-order chi connectivity index (χ1) is 15.7. The Morgan fingerprint density at radius 3 is 2.45 bits per heavy atom. The van der Waals surface area contributed by atoms with Crippen molar-refractivity contribution >= 4 is 16.9 Å². The number of benzene rings is 2. The highest BCUT2D eigenvalue weighted by Crippen LogP contribution is 2.20. The Balaban J connectivity index is 1.51. The van der Waals surface area contributed by atoms with E-state index >= 15 is 0 Å². The maximum absolute atomic E-state index is 12.0. The maximum Gasteiger partial charge on any atom is 0.225 e. The van der Waals surface area contributed by atoms with Crippen LogP contribution >= 0.6 is 0 Å². The third-order valence-electron chi connectivity index (χ3n) is 5.77. The number of carbonyl (C=O) groups is 1. The molecule has 0 fully saturated rings. The zero-order valence-corrected chi connectivity index (χ0v) is 20.9. The Morgan fingerprint density at radius 1 is 1.00 bits per heavy atom. The molecule has 3 aromatic rings. The summed E-state index contributed by atoms with van der Waals surface area (Å²) < 4.78 is 8.37. The summed E-state index contributed by atoms with van der Waals surface area (Å²) in [4.78, 5) is 16.9. The molecule has 2 aromatic carbocycles. The molecule has 0 aliphatic rings. The molecule has 1 heterocycles. The van der Waals surface area contributed by atoms with Crippen LogP contribution < -0.4 is 10.1 Å². The van der Waals surface area contributed by atoms with Crippen LogP contribution in [0.2, 0.25) is 0 Å². The van der Waals surface area contributed by atoms with Crippen molar-refractivity contribution in [3.63, 3.8) is 0 Å². The molecule has 0 radical (unpaired) electrons. The van der Waals surface area contributed by atoms with Crippen LogP contribution in [0.25, 0.3) is 11.0 Å². The predicted molar refractivity (Wildman–Crippen MR) is 136 cm³/mol. The number of rotatable bonds is 11. The SMILES string of the molecule is Cc1cc(C)cc(OCCCn2c(CCCCCNC(=O)C(C)(C)C)nc3ccccc32)c1. The Labute approximate surface area is 198 Å². The summed E-state index contributed by atoms with van der Waals surface area (Å²) in [5.41, 5.74) is 4.38. The molecule has 1 aromatic heterocycles. The number of para-hydroxylation sites is 2. The number of nitrogens with one attached hydrogen (secondary N) is 1. The zero-order chi connectivity index (χ0) is 23.8. The molecule has 0 spiro atoms. The van der Waals surface area contributed by atoms with Crippen molar-refractivity contribution in [1.29, 1.82) is 0 Å². The van der Waals surface area contributed by atoms with E-state index in [-0.39, 0.29) is 11.3 Å².